The molecule has 2 aliphatic rings. The Morgan fingerprint density at radius 1 is 1.11 bits per heavy atom. The van der Waals surface area contributed by atoms with Crippen molar-refractivity contribution in [3.05, 3.63) is 86.1 Å². The number of halogens is 2. The Morgan fingerprint density at radius 3 is 2.52 bits per heavy atom. The first-order chi connectivity index (χ1) is 21.1. The molecule has 0 bridgehead atoms. The monoisotopic (exact) mass is 723 g/mol. The van der Waals surface area contributed by atoms with Crippen molar-refractivity contribution < 1.29 is 19.5 Å². The number of urea groups is 2. The largest absolute Gasteiger partial charge is 0.478 e. The first kappa shape index (κ1) is 29.9. The number of para-hydroxylation sites is 1. The fourth-order valence-corrected chi connectivity index (χ4v) is 7.28. The summed E-state index contributed by atoms with van der Waals surface area (Å²) in [6, 6.07) is 15.6. The number of fused-ring (bicyclic) bond motifs is 2. The molecule has 0 aliphatic carbocycles. The summed E-state index contributed by atoms with van der Waals surface area (Å²) in [5, 5.41) is 15.7. The molecule has 3 aromatic carbocycles. The highest BCUT2D eigenvalue weighted by Gasteiger charge is 2.33. The summed E-state index contributed by atoms with van der Waals surface area (Å²) < 4.78 is 3.34. The highest BCUT2D eigenvalue weighted by Crippen LogP contribution is 2.33. The Morgan fingerprint density at radius 2 is 1.82 bits per heavy atom. The zero-order valence-electron chi connectivity index (χ0n) is 23.9. The van der Waals surface area contributed by atoms with E-state index in [-0.39, 0.29) is 23.7 Å². The molecule has 0 unspecified atom stereocenters. The van der Waals surface area contributed by atoms with Crippen LogP contribution in [-0.2, 0) is 20.0 Å². The molecule has 228 valence electrons. The molecule has 2 aliphatic heterocycles. The number of hydrogen-bond acceptors (Lipinski definition) is 5. The third-order valence-electron chi connectivity index (χ3n) is 8.40. The van der Waals surface area contributed by atoms with Crippen LogP contribution in [0.1, 0.15) is 46.2 Å². The maximum Gasteiger partial charge on any atom is 0.335 e. The van der Waals surface area contributed by atoms with Crippen molar-refractivity contribution in [3.63, 3.8) is 0 Å². The van der Waals surface area contributed by atoms with Crippen LogP contribution in [-0.4, -0.2) is 61.6 Å². The topological polar surface area (TPSA) is 146 Å². The van der Waals surface area contributed by atoms with Crippen molar-refractivity contribution in [1.82, 2.24) is 24.7 Å². The first-order valence-corrected chi connectivity index (χ1v) is 15.8. The molecule has 0 radical (unpaired) electrons. The van der Waals surface area contributed by atoms with Crippen molar-refractivity contribution in [2.24, 2.45) is 7.05 Å². The number of aromatic carboxylic acids is 1. The Labute approximate surface area is 270 Å². The molecule has 11 nitrogen and oxygen atoms in total. The zero-order valence-corrected chi connectivity index (χ0v) is 27.1. The number of carbonyl (C=O) groups is 3. The van der Waals surface area contributed by atoms with Gasteiger partial charge in [-0.3, -0.25) is 0 Å². The summed E-state index contributed by atoms with van der Waals surface area (Å²) >= 11 is 7.03. The molecule has 5 N–H and O–H groups in total. The number of carboxylic acids is 1. The second-order valence-electron chi connectivity index (χ2n) is 11.2. The van der Waals surface area contributed by atoms with Gasteiger partial charge in [0, 0.05) is 53.8 Å². The third-order valence-corrected chi connectivity index (χ3v) is 9.72. The van der Waals surface area contributed by atoms with E-state index in [4.69, 9.17) is 10.7 Å². The molecule has 1 saturated heterocycles. The molecule has 3 heterocycles. The van der Waals surface area contributed by atoms with E-state index >= 15 is 0 Å². The van der Waals surface area contributed by atoms with Gasteiger partial charge in [0.05, 0.1) is 28.3 Å². The minimum Gasteiger partial charge on any atom is -0.478 e. The van der Waals surface area contributed by atoms with E-state index in [1.807, 2.05) is 52.9 Å². The number of hydrogen-bond donors (Lipinski definition) is 4. The minimum absolute atomic E-state index is 0.0240. The smallest absolute Gasteiger partial charge is 0.335 e. The van der Waals surface area contributed by atoms with Gasteiger partial charge in [0.25, 0.3) is 0 Å². The highest BCUT2D eigenvalue weighted by molar-refractivity contribution is 9.11. The number of benzene rings is 3. The van der Waals surface area contributed by atoms with Crippen LogP contribution in [0.15, 0.2) is 63.5 Å². The van der Waals surface area contributed by atoms with Gasteiger partial charge in [-0.1, -0.05) is 18.2 Å². The van der Waals surface area contributed by atoms with E-state index in [2.05, 4.69) is 42.5 Å². The number of nitrogens with two attached hydrogens (primary N) is 1. The average molecular weight is 725 g/mol. The lowest BCUT2D eigenvalue weighted by Crippen LogP contribution is -2.53. The number of aromatic nitrogens is 2. The number of piperidine rings is 1. The molecular weight excluding hydrogens is 694 g/mol. The zero-order chi connectivity index (χ0) is 31.1. The lowest BCUT2D eigenvalue weighted by molar-refractivity contribution is 0.0697. The summed E-state index contributed by atoms with van der Waals surface area (Å²) in [5.74, 6) is -0.436. The van der Waals surface area contributed by atoms with Crippen LogP contribution in [0.3, 0.4) is 0 Å². The molecule has 0 spiro atoms. The Kier molecular flexibility index (Phi) is 8.25. The maximum atomic E-state index is 13.7. The Balaban J connectivity index is 1.21. The van der Waals surface area contributed by atoms with Crippen molar-refractivity contribution in [2.45, 2.75) is 37.9 Å². The second kappa shape index (κ2) is 12.1. The van der Waals surface area contributed by atoms with E-state index in [1.165, 1.54) is 6.07 Å². The highest BCUT2D eigenvalue weighted by atomic mass is 79.9. The predicted molar refractivity (Wildman–Crippen MR) is 175 cm³/mol. The van der Waals surface area contributed by atoms with Crippen LogP contribution in [0.25, 0.3) is 11.0 Å². The van der Waals surface area contributed by atoms with Gasteiger partial charge in [-0.2, -0.15) is 0 Å². The number of nitrogen functional groups attached to an aromatic ring is 1. The second-order valence-corrected chi connectivity index (χ2v) is 12.9. The Hall–Kier alpha value is -4.10. The van der Waals surface area contributed by atoms with E-state index in [9.17, 15) is 19.5 Å². The van der Waals surface area contributed by atoms with E-state index in [0.717, 1.165) is 31.3 Å². The number of imidazole rings is 1. The summed E-state index contributed by atoms with van der Waals surface area (Å²) in [7, 11) is 1.85. The molecule has 6 rings (SSSR count). The number of aryl methyl sites for hydroxylation is 1. The first-order valence-electron chi connectivity index (χ1n) is 14.2. The third kappa shape index (κ3) is 5.85. The molecule has 1 atom stereocenters. The van der Waals surface area contributed by atoms with Gasteiger partial charge in [0.2, 0.25) is 0 Å². The maximum absolute atomic E-state index is 13.7. The number of nitrogens with zero attached hydrogens (tertiary/aromatic N) is 4. The van der Waals surface area contributed by atoms with E-state index in [1.54, 1.807) is 17.0 Å². The fourth-order valence-electron chi connectivity index (χ4n) is 6.00. The molecule has 44 heavy (non-hydrogen) atoms. The van der Waals surface area contributed by atoms with Crippen molar-refractivity contribution in [3.8, 4) is 0 Å². The summed E-state index contributed by atoms with van der Waals surface area (Å²) in [4.78, 5) is 46.6. The molecule has 13 heteroatoms. The number of amides is 4. The van der Waals surface area contributed by atoms with Crippen LogP contribution in [0.4, 0.5) is 21.0 Å². The van der Waals surface area contributed by atoms with Crippen LogP contribution in [0.5, 0.6) is 0 Å². The number of carbonyl (C=O) groups excluding carboxylic acids is 2. The number of nitrogens with one attached hydrogen (secondary N) is 2. The molecule has 1 aromatic heterocycles. The molecule has 1 fully saturated rings. The van der Waals surface area contributed by atoms with Gasteiger partial charge >= 0.3 is 18.0 Å². The van der Waals surface area contributed by atoms with E-state index in [0.29, 0.717) is 55.9 Å². The predicted octanol–water partition coefficient (Wildman–Crippen LogP) is 5.88. The molecule has 4 aromatic rings. The Bertz CT molecular complexity index is 1760. The van der Waals surface area contributed by atoms with Crippen LogP contribution in [0.2, 0.25) is 0 Å². The lowest BCUT2D eigenvalue weighted by atomic mass is 10.0. The number of anilines is 2. The minimum atomic E-state index is -1.03. The van der Waals surface area contributed by atoms with Gasteiger partial charge in [-0.05, 0) is 92.2 Å². The van der Waals surface area contributed by atoms with Crippen molar-refractivity contribution >= 4 is 72.3 Å². The van der Waals surface area contributed by atoms with Crippen molar-refractivity contribution in [2.75, 3.05) is 24.1 Å². The molecule has 0 saturated carbocycles. The number of likely N-dealkylation sites (tertiary alicyclic amines) is 1. The normalized spacial score (nSPS) is 16.0. The van der Waals surface area contributed by atoms with Crippen LogP contribution in [0, 0.1) is 0 Å². The van der Waals surface area contributed by atoms with Gasteiger partial charge in [-0.15, -0.1) is 0 Å². The van der Waals surface area contributed by atoms with E-state index < -0.39 is 12.0 Å². The molecular formula is C31H31Br2N7O4. The average Bonchev–Trinajstić information content (AvgIpc) is 3.34. The van der Waals surface area contributed by atoms with Gasteiger partial charge < -0.3 is 35.8 Å². The number of rotatable bonds is 6. The summed E-state index contributed by atoms with van der Waals surface area (Å²) in [5.41, 5.74) is 11.0. The van der Waals surface area contributed by atoms with Crippen LogP contribution < -0.4 is 16.4 Å². The van der Waals surface area contributed by atoms with Crippen molar-refractivity contribution in [1.29, 1.82) is 0 Å². The summed E-state index contributed by atoms with van der Waals surface area (Å²) in [6.07, 6.45) is 1.74. The standard InChI is InChI=1S/C31H31Br2N7O4/c1-38-26-7-6-18(29(41)42)15-24(26)35-28(38)25(14-17-12-21(32)27(34)22(33)13-17)37-30(43)39-10-8-20(9-11-39)40-16-19-4-2-3-5-23(19)36-31(40)44/h2-7,12-13,15,20,25H,8-11,14,16,34H2,1H3,(H,36,44)(H,37,43)(H,41,42)/t25-/m1/s1. The lowest BCUT2D eigenvalue weighted by Gasteiger charge is -2.40. The summed E-state index contributed by atoms with van der Waals surface area (Å²) in [6.45, 7) is 1.54. The van der Waals surface area contributed by atoms with Gasteiger partial charge in [0.1, 0.15) is 5.82 Å². The quantitative estimate of drug-likeness (QED) is 0.183. The SMILES string of the molecule is Cn1c([C@@H](Cc2cc(Br)c(N)c(Br)c2)NC(=O)N2CCC(N3Cc4ccccc4NC3=O)CC2)nc2cc(C(=O)O)ccc21. The molecule has 4 amide bonds. The van der Waals surface area contributed by atoms with Gasteiger partial charge in [-0.25, -0.2) is 19.4 Å². The van der Waals surface area contributed by atoms with Gasteiger partial charge in [0.15, 0.2) is 0 Å². The fraction of sp³-hybridized carbons (Fsp3) is 0.290. The number of carboxylic acid groups (broad SMARTS) is 1. The van der Waals surface area contributed by atoms with Crippen LogP contribution >= 0.6 is 31.9 Å².